The van der Waals surface area contributed by atoms with Gasteiger partial charge >= 0.3 is 5.69 Å². The molecule has 2 heterocycles. The first-order valence-electron chi connectivity index (χ1n) is 6.87. The van der Waals surface area contributed by atoms with Crippen molar-refractivity contribution in [2.75, 3.05) is 13.2 Å². The number of nitrogens with zero attached hydrogens (tertiary/aromatic N) is 2. The van der Waals surface area contributed by atoms with E-state index in [1.807, 2.05) is 0 Å². The summed E-state index contributed by atoms with van der Waals surface area (Å²) in [5.41, 5.74) is -0.574. The number of ether oxygens (including phenoxy) is 1. The molecule has 1 aliphatic rings. The molecule has 0 radical (unpaired) electrons. The summed E-state index contributed by atoms with van der Waals surface area (Å²) in [4.78, 5) is 24.3. The SMILES string of the molecule is Cc1cn([C@H]2C[C@H](O)[C@@H](CO)O2)c(=O)n(CCCO)c1=O. The monoisotopic (exact) mass is 300 g/mol. The fraction of sp³-hybridized carbons (Fsp3) is 0.692. The van der Waals surface area contributed by atoms with Crippen molar-refractivity contribution in [3.05, 3.63) is 32.6 Å². The maximum atomic E-state index is 12.4. The summed E-state index contributed by atoms with van der Waals surface area (Å²) in [6.45, 7) is 1.25. The molecule has 0 unspecified atom stereocenters. The van der Waals surface area contributed by atoms with Crippen LogP contribution in [-0.4, -0.2) is 49.9 Å². The van der Waals surface area contributed by atoms with E-state index < -0.39 is 29.7 Å². The summed E-state index contributed by atoms with van der Waals surface area (Å²) < 4.78 is 7.75. The average molecular weight is 300 g/mol. The third-order valence-electron chi connectivity index (χ3n) is 3.60. The van der Waals surface area contributed by atoms with Crippen molar-refractivity contribution in [1.29, 1.82) is 0 Å². The zero-order chi connectivity index (χ0) is 15.6. The van der Waals surface area contributed by atoms with E-state index in [1.54, 1.807) is 6.92 Å². The molecule has 1 aliphatic heterocycles. The van der Waals surface area contributed by atoms with Crippen molar-refractivity contribution in [2.24, 2.45) is 0 Å². The van der Waals surface area contributed by atoms with Crippen molar-refractivity contribution < 1.29 is 20.1 Å². The summed E-state index contributed by atoms with van der Waals surface area (Å²) in [7, 11) is 0. The Hall–Kier alpha value is -1.48. The molecular formula is C13H20N2O6. The molecule has 8 nitrogen and oxygen atoms in total. The van der Waals surface area contributed by atoms with Crippen molar-refractivity contribution in [3.63, 3.8) is 0 Å². The van der Waals surface area contributed by atoms with Crippen LogP contribution in [0.3, 0.4) is 0 Å². The highest BCUT2D eigenvalue weighted by molar-refractivity contribution is 5.04. The third-order valence-corrected chi connectivity index (χ3v) is 3.60. The van der Waals surface area contributed by atoms with Gasteiger partial charge in [-0.05, 0) is 13.3 Å². The quantitative estimate of drug-likeness (QED) is 0.600. The normalized spacial score (nSPS) is 25.4. The molecule has 0 aromatic carbocycles. The second-order valence-corrected chi connectivity index (χ2v) is 5.15. The molecule has 3 N–H and O–H groups in total. The first kappa shape index (κ1) is 15.9. The number of hydrogen-bond acceptors (Lipinski definition) is 6. The van der Waals surface area contributed by atoms with E-state index in [2.05, 4.69) is 0 Å². The first-order chi connectivity index (χ1) is 9.99. The molecule has 0 bridgehead atoms. The van der Waals surface area contributed by atoms with Crippen LogP contribution in [0.25, 0.3) is 0 Å². The van der Waals surface area contributed by atoms with Crippen molar-refractivity contribution >= 4 is 0 Å². The molecule has 0 saturated carbocycles. The molecular weight excluding hydrogens is 280 g/mol. The van der Waals surface area contributed by atoms with Crippen LogP contribution in [0.4, 0.5) is 0 Å². The molecule has 21 heavy (non-hydrogen) atoms. The minimum Gasteiger partial charge on any atom is -0.396 e. The van der Waals surface area contributed by atoms with Gasteiger partial charge in [0.1, 0.15) is 12.3 Å². The van der Waals surface area contributed by atoms with Crippen LogP contribution in [0.2, 0.25) is 0 Å². The Morgan fingerprint density at radius 1 is 1.38 bits per heavy atom. The number of aliphatic hydroxyl groups is 3. The topological polar surface area (TPSA) is 114 Å². The van der Waals surface area contributed by atoms with E-state index in [0.717, 1.165) is 4.57 Å². The Bertz CT molecular complexity index is 608. The van der Waals surface area contributed by atoms with Gasteiger partial charge in [0, 0.05) is 31.3 Å². The molecule has 0 amide bonds. The van der Waals surface area contributed by atoms with Gasteiger partial charge in [0.05, 0.1) is 12.7 Å². The van der Waals surface area contributed by atoms with Crippen LogP contribution in [0.5, 0.6) is 0 Å². The zero-order valence-corrected chi connectivity index (χ0v) is 11.8. The first-order valence-corrected chi connectivity index (χ1v) is 6.87. The van der Waals surface area contributed by atoms with Gasteiger partial charge in [-0.25, -0.2) is 4.79 Å². The number of aryl methyl sites for hydroxylation is 1. The smallest absolute Gasteiger partial charge is 0.333 e. The lowest BCUT2D eigenvalue weighted by Crippen LogP contribution is -2.42. The molecule has 1 aromatic rings. The van der Waals surface area contributed by atoms with E-state index in [-0.39, 0.29) is 26.2 Å². The molecule has 8 heteroatoms. The van der Waals surface area contributed by atoms with Gasteiger partial charge in [0.25, 0.3) is 5.56 Å². The molecule has 3 atom stereocenters. The molecule has 0 aliphatic carbocycles. The van der Waals surface area contributed by atoms with E-state index >= 15 is 0 Å². The van der Waals surface area contributed by atoms with Gasteiger partial charge in [-0.1, -0.05) is 0 Å². The summed E-state index contributed by atoms with van der Waals surface area (Å²) in [5, 5.41) is 27.7. The van der Waals surface area contributed by atoms with E-state index in [1.165, 1.54) is 10.8 Å². The minimum absolute atomic E-state index is 0.120. The van der Waals surface area contributed by atoms with Crippen LogP contribution in [0.1, 0.15) is 24.6 Å². The number of aliphatic hydroxyl groups excluding tert-OH is 3. The Morgan fingerprint density at radius 2 is 2.10 bits per heavy atom. The van der Waals surface area contributed by atoms with Crippen molar-refractivity contribution in [3.8, 4) is 0 Å². The Labute approximate surface area is 120 Å². The highest BCUT2D eigenvalue weighted by Gasteiger charge is 2.35. The van der Waals surface area contributed by atoms with Crippen molar-refractivity contribution in [2.45, 2.75) is 44.7 Å². The highest BCUT2D eigenvalue weighted by Crippen LogP contribution is 2.27. The lowest BCUT2D eigenvalue weighted by molar-refractivity contribution is -0.0464. The molecule has 2 rings (SSSR count). The van der Waals surface area contributed by atoms with Gasteiger partial charge in [-0.15, -0.1) is 0 Å². The van der Waals surface area contributed by atoms with E-state index in [9.17, 15) is 14.7 Å². The lowest BCUT2D eigenvalue weighted by atomic mass is 10.2. The second-order valence-electron chi connectivity index (χ2n) is 5.15. The Balaban J connectivity index is 2.39. The van der Waals surface area contributed by atoms with E-state index in [0.29, 0.717) is 12.0 Å². The van der Waals surface area contributed by atoms with E-state index in [4.69, 9.17) is 14.9 Å². The predicted octanol–water partition coefficient (Wildman–Crippen LogP) is -1.66. The summed E-state index contributed by atoms with van der Waals surface area (Å²) >= 11 is 0. The van der Waals surface area contributed by atoms with Gasteiger partial charge in [-0.3, -0.25) is 13.9 Å². The summed E-state index contributed by atoms with van der Waals surface area (Å²) in [6.07, 6.45) is -0.444. The largest absolute Gasteiger partial charge is 0.396 e. The molecule has 118 valence electrons. The molecule has 0 spiro atoms. The lowest BCUT2D eigenvalue weighted by Gasteiger charge is -2.17. The number of rotatable bonds is 5. The summed E-state index contributed by atoms with van der Waals surface area (Å²) in [5.74, 6) is 0. The zero-order valence-electron chi connectivity index (χ0n) is 11.8. The van der Waals surface area contributed by atoms with Gasteiger partial charge < -0.3 is 20.1 Å². The van der Waals surface area contributed by atoms with Crippen LogP contribution < -0.4 is 11.2 Å². The Morgan fingerprint density at radius 3 is 2.67 bits per heavy atom. The maximum Gasteiger partial charge on any atom is 0.333 e. The highest BCUT2D eigenvalue weighted by atomic mass is 16.5. The summed E-state index contributed by atoms with van der Waals surface area (Å²) in [6, 6.07) is 0. The van der Waals surface area contributed by atoms with Gasteiger partial charge in [0.2, 0.25) is 0 Å². The minimum atomic E-state index is -0.856. The number of hydrogen-bond donors (Lipinski definition) is 3. The molecule has 1 aromatic heterocycles. The van der Waals surface area contributed by atoms with Crippen molar-refractivity contribution in [1.82, 2.24) is 9.13 Å². The molecule has 1 fully saturated rings. The predicted molar refractivity (Wildman–Crippen MR) is 73.0 cm³/mol. The van der Waals surface area contributed by atoms with Crippen LogP contribution >= 0.6 is 0 Å². The Kier molecular flexibility index (Phi) is 4.94. The fourth-order valence-electron chi connectivity index (χ4n) is 2.44. The average Bonchev–Trinajstić information content (AvgIpc) is 2.84. The molecule has 1 saturated heterocycles. The standard InChI is InChI=1S/C13H20N2O6/c1-8-6-15(11-5-9(18)10(7-17)21-11)13(20)14(12(8)19)3-2-4-16/h6,9-11,16-18H,2-5,7H2,1H3/t9-,10+,11+/m0/s1. The number of aromatic nitrogens is 2. The van der Waals surface area contributed by atoms with Gasteiger partial charge in [-0.2, -0.15) is 0 Å². The van der Waals surface area contributed by atoms with Crippen LogP contribution in [0, 0.1) is 6.92 Å². The maximum absolute atomic E-state index is 12.4. The second kappa shape index (κ2) is 6.52. The van der Waals surface area contributed by atoms with Gasteiger partial charge in [0.15, 0.2) is 0 Å². The third kappa shape index (κ3) is 3.08. The van der Waals surface area contributed by atoms with Crippen LogP contribution in [-0.2, 0) is 11.3 Å². The van der Waals surface area contributed by atoms with Crippen LogP contribution in [0.15, 0.2) is 15.8 Å². The fourth-order valence-corrected chi connectivity index (χ4v) is 2.44.